The van der Waals surface area contributed by atoms with Gasteiger partial charge in [-0.15, -0.1) is 0 Å². The summed E-state index contributed by atoms with van der Waals surface area (Å²) in [6.45, 7) is 5.98. The van der Waals surface area contributed by atoms with E-state index in [1.54, 1.807) is 7.05 Å². The summed E-state index contributed by atoms with van der Waals surface area (Å²) in [6.07, 6.45) is 0. The van der Waals surface area contributed by atoms with Crippen molar-refractivity contribution in [3.8, 4) is 0 Å². The Morgan fingerprint density at radius 2 is 2.00 bits per heavy atom. The van der Waals surface area contributed by atoms with Crippen LogP contribution in [0.25, 0.3) is 0 Å². The average Bonchev–Trinajstić information content (AvgIpc) is 2.05. The van der Waals surface area contributed by atoms with Crippen molar-refractivity contribution >= 4 is 5.97 Å². The molecule has 0 aromatic heterocycles. The first-order chi connectivity index (χ1) is 5.67. The highest BCUT2D eigenvalue weighted by Crippen LogP contribution is 1.97. The van der Waals surface area contributed by atoms with E-state index in [9.17, 15) is 4.79 Å². The van der Waals surface area contributed by atoms with Crippen LogP contribution in [0.3, 0.4) is 0 Å². The molecule has 0 aliphatic heterocycles. The molecule has 4 nitrogen and oxygen atoms in total. The van der Waals surface area contributed by atoms with Gasteiger partial charge in [-0.3, -0.25) is 9.69 Å². The van der Waals surface area contributed by atoms with Crippen molar-refractivity contribution in [3.63, 3.8) is 0 Å². The largest absolute Gasteiger partial charge is 0.480 e. The van der Waals surface area contributed by atoms with Gasteiger partial charge in [0, 0.05) is 6.54 Å². The highest BCUT2D eigenvalue weighted by Gasteiger charge is 2.21. The molecular weight excluding hydrogens is 156 g/mol. The molecular formula is C8H18N2O2. The van der Waals surface area contributed by atoms with Crippen LogP contribution in [0.15, 0.2) is 0 Å². The van der Waals surface area contributed by atoms with Crippen molar-refractivity contribution in [3.05, 3.63) is 0 Å². The first-order valence-corrected chi connectivity index (χ1v) is 4.28. The highest BCUT2D eigenvalue weighted by atomic mass is 16.4. The number of likely N-dealkylation sites (N-methyl/N-ethyl adjacent to an activating group) is 2. The first-order valence-electron chi connectivity index (χ1n) is 4.28. The Morgan fingerprint density at radius 3 is 2.25 bits per heavy atom. The number of nitrogens with zero attached hydrogens (tertiary/aromatic N) is 1. The lowest BCUT2D eigenvalue weighted by molar-refractivity contribution is -0.143. The van der Waals surface area contributed by atoms with Crippen molar-refractivity contribution in [2.24, 2.45) is 0 Å². The number of carboxylic acid groups (broad SMARTS) is 1. The van der Waals surface area contributed by atoms with Gasteiger partial charge in [-0.2, -0.15) is 0 Å². The normalized spacial score (nSPS) is 13.3. The predicted molar refractivity (Wildman–Crippen MR) is 48.3 cm³/mol. The summed E-state index contributed by atoms with van der Waals surface area (Å²) in [7, 11) is 1.76. The summed E-state index contributed by atoms with van der Waals surface area (Å²) in [5, 5.41) is 11.7. The molecule has 0 aliphatic rings. The van der Waals surface area contributed by atoms with Crippen LogP contribution in [0.4, 0.5) is 0 Å². The fourth-order valence-electron chi connectivity index (χ4n) is 1.23. The fourth-order valence-corrected chi connectivity index (χ4v) is 1.23. The van der Waals surface area contributed by atoms with Gasteiger partial charge >= 0.3 is 5.97 Å². The van der Waals surface area contributed by atoms with E-state index in [1.807, 2.05) is 18.7 Å². The third-order valence-corrected chi connectivity index (χ3v) is 1.94. The maximum atomic E-state index is 10.8. The van der Waals surface area contributed by atoms with Crippen LogP contribution in [0, 0.1) is 0 Å². The van der Waals surface area contributed by atoms with Crippen molar-refractivity contribution in [1.82, 2.24) is 10.2 Å². The number of carboxylic acids is 1. The van der Waals surface area contributed by atoms with Crippen molar-refractivity contribution in [2.45, 2.75) is 19.9 Å². The van der Waals surface area contributed by atoms with Gasteiger partial charge in [0.1, 0.15) is 6.04 Å². The molecule has 0 radical (unpaired) electrons. The zero-order valence-electron chi connectivity index (χ0n) is 8.00. The first kappa shape index (κ1) is 11.4. The van der Waals surface area contributed by atoms with E-state index in [4.69, 9.17) is 5.11 Å². The van der Waals surface area contributed by atoms with Crippen molar-refractivity contribution in [1.29, 1.82) is 0 Å². The van der Waals surface area contributed by atoms with E-state index in [0.29, 0.717) is 6.54 Å². The van der Waals surface area contributed by atoms with E-state index < -0.39 is 12.0 Å². The molecule has 0 aromatic carbocycles. The average molecular weight is 174 g/mol. The minimum atomic E-state index is -0.756. The van der Waals surface area contributed by atoms with Gasteiger partial charge in [0.05, 0.1) is 0 Å². The van der Waals surface area contributed by atoms with E-state index in [1.165, 1.54) is 0 Å². The lowest BCUT2D eigenvalue weighted by Gasteiger charge is -2.25. The van der Waals surface area contributed by atoms with Crippen LogP contribution < -0.4 is 5.32 Å². The zero-order valence-corrected chi connectivity index (χ0v) is 8.00. The van der Waals surface area contributed by atoms with E-state index in [-0.39, 0.29) is 0 Å². The monoisotopic (exact) mass is 174 g/mol. The minimum absolute atomic E-state index is 0.398. The molecule has 0 aliphatic carbocycles. The maximum Gasteiger partial charge on any atom is 0.322 e. The van der Waals surface area contributed by atoms with Crippen LogP contribution in [-0.4, -0.2) is 48.7 Å². The van der Waals surface area contributed by atoms with Crippen molar-refractivity contribution in [2.75, 3.05) is 26.7 Å². The third kappa shape index (κ3) is 3.19. The molecule has 0 spiro atoms. The molecule has 0 saturated carbocycles. The summed E-state index contributed by atoms with van der Waals surface area (Å²) < 4.78 is 0. The Balaban J connectivity index is 4.15. The van der Waals surface area contributed by atoms with Crippen LogP contribution in [0.2, 0.25) is 0 Å². The second kappa shape index (κ2) is 5.97. The van der Waals surface area contributed by atoms with Crippen LogP contribution in [-0.2, 0) is 4.79 Å². The lowest BCUT2D eigenvalue weighted by atomic mass is 10.2. The van der Waals surface area contributed by atoms with E-state index in [0.717, 1.165) is 13.1 Å². The number of aliphatic carboxylic acids is 1. The predicted octanol–water partition coefficient (Wildman–Crippen LogP) is 0.000800. The standard InChI is InChI=1S/C8H18N2O2/c1-4-10(5-2)7(6-9-3)8(11)12/h7,9H,4-6H2,1-3H3,(H,11,12). The Bertz CT molecular complexity index is 135. The van der Waals surface area contributed by atoms with E-state index >= 15 is 0 Å². The Hall–Kier alpha value is -0.610. The summed E-state index contributed by atoms with van der Waals surface area (Å²) >= 11 is 0. The fraction of sp³-hybridized carbons (Fsp3) is 0.875. The van der Waals surface area contributed by atoms with E-state index in [2.05, 4.69) is 5.32 Å². The van der Waals surface area contributed by atoms with Gasteiger partial charge in [0.25, 0.3) is 0 Å². The Kier molecular flexibility index (Phi) is 5.66. The van der Waals surface area contributed by atoms with Gasteiger partial charge in [-0.25, -0.2) is 0 Å². The molecule has 0 fully saturated rings. The van der Waals surface area contributed by atoms with Crippen molar-refractivity contribution < 1.29 is 9.90 Å². The quantitative estimate of drug-likeness (QED) is 0.595. The summed E-state index contributed by atoms with van der Waals surface area (Å²) in [5.41, 5.74) is 0. The lowest BCUT2D eigenvalue weighted by Crippen LogP contribution is -2.46. The highest BCUT2D eigenvalue weighted by molar-refractivity contribution is 5.73. The summed E-state index contributed by atoms with van der Waals surface area (Å²) in [6, 6.07) is -0.398. The second-order valence-electron chi connectivity index (χ2n) is 2.63. The smallest absolute Gasteiger partial charge is 0.322 e. The number of nitrogens with one attached hydrogen (secondary N) is 1. The van der Waals surface area contributed by atoms with Gasteiger partial charge in [0.15, 0.2) is 0 Å². The Morgan fingerprint density at radius 1 is 1.50 bits per heavy atom. The van der Waals surface area contributed by atoms with Crippen LogP contribution >= 0.6 is 0 Å². The number of hydrogen-bond donors (Lipinski definition) is 2. The molecule has 0 heterocycles. The number of carbonyl (C=O) groups is 1. The summed E-state index contributed by atoms with van der Waals surface area (Å²) in [5.74, 6) is -0.756. The number of rotatable bonds is 6. The van der Waals surface area contributed by atoms with Crippen LogP contribution in [0.5, 0.6) is 0 Å². The number of hydrogen-bond acceptors (Lipinski definition) is 3. The molecule has 2 N–H and O–H groups in total. The maximum absolute atomic E-state index is 10.8. The van der Waals surface area contributed by atoms with Gasteiger partial charge in [-0.05, 0) is 20.1 Å². The molecule has 0 amide bonds. The van der Waals surface area contributed by atoms with Crippen LogP contribution in [0.1, 0.15) is 13.8 Å². The minimum Gasteiger partial charge on any atom is -0.480 e. The molecule has 1 unspecified atom stereocenters. The topological polar surface area (TPSA) is 52.6 Å². The molecule has 4 heteroatoms. The SMILES string of the molecule is CCN(CC)C(CNC)C(=O)O. The van der Waals surface area contributed by atoms with Gasteiger partial charge in [-0.1, -0.05) is 13.8 Å². The molecule has 12 heavy (non-hydrogen) atoms. The molecule has 72 valence electrons. The zero-order chi connectivity index (χ0) is 9.56. The van der Waals surface area contributed by atoms with Gasteiger partial charge in [0.2, 0.25) is 0 Å². The second-order valence-corrected chi connectivity index (χ2v) is 2.63. The molecule has 0 saturated heterocycles. The Labute approximate surface area is 73.6 Å². The molecule has 1 atom stereocenters. The summed E-state index contributed by atoms with van der Waals surface area (Å²) in [4.78, 5) is 12.7. The molecule has 0 bridgehead atoms. The van der Waals surface area contributed by atoms with Gasteiger partial charge < -0.3 is 10.4 Å². The molecule has 0 aromatic rings. The molecule has 0 rings (SSSR count). The third-order valence-electron chi connectivity index (χ3n) is 1.94.